The molecule has 0 aliphatic carbocycles. The first-order valence-electron chi connectivity index (χ1n) is 6.54. The zero-order valence-electron chi connectivity index (χ0n) is 11.7. The van der Waals surface area contributed by atoms with Crippen molar-refractivity contribution in [3.63, 3.8) is 0 Å². The van der Waals surface area contributed by atoms with Gasteiger partial charge in [0.2, 0.25) is 10.0 Å². The molecule has 0 spiro atoms. The Morgan fingerprint density at radius 2 is 2.10 bits per heavy atom. The number of anilines is 1. The fourth-order valence-electron chi connectivity index (χ4n) is 2.45. The van der Waals surface area contributed by atoms with E-state index in [1.54, 1.807) is 6.07 Å². The third-order valence-corrected chi connectivity index (χ3v) is 5.85. The lowest BCUT2D eigenvalue weighted by molar-refractivity contribution is 0.190. The molecule has 2 N–H and O–H groups in total. The molecule has 0 aromatic heterocycles. The van der Waals surface area contributed by atoms with Crippen molar-refractivity contribution in [3.05, 3.63) is 23.2 Å². The number of nitrogen functional groups attached to an aromatic ring is 1. The van der Waals surface area contributed by atoms with Gasteiger partial charge in [-0.15, -0.1) is 0 Å². The van der Waals surface area contributed by atoms with E-state index in [0.29, 0.717) is 18.1 Å². The van der Waals surface area contributed by atoms with E-state index < -0.39 is 10.0 Å². The van der Waals surface area contributed by atoms with E-state index in [4.69, 9.17) is 17.3 Å². The Bertz CT molecular complexity index is 589. The van der Waals surface area contributed by atoms with Crippen LogP contribution in [0.1, 0.15) is 12.8 Å². The maximum absolute atomic E-state index is 12.7. The van der Waals surface area contributed by atoms with Crippen molar-refractivity contribution < 1.29 is 8.42 Å². The van der Waals surface area contributed by atoms with E-state index in [0.717, 1.165) is 12.8 Å². The van der Waals surface area contributed by atoms with Crippen molar-refractivity contribution in [1.82, 2.24) is 9.21 Å². The maximum atomic E-state index is 12.7. The Balaban J connectivity index is 2.30. The van der Waals surface area contributed by atoms with Gasteiger partial charge >= 0.3 is 0 Å². The predicted molar refractivity (Wildman–Crippen MR) is 81.3 cm³/mol. The van der Waals surface area contributed by atoms with Crippen LogP contribution in [0, 0.1) is 0 Å². The second kappa shape index (κ2) is 5.89. The Morgan fingerprint density at radius 1 is 1.40 bits per heavy atom. The van der Waals surface area contributed by atoms with E-state index in [-0.39, 0.29) is 16.6 Å². The van der Waals surface area contributed by atoms with Crippen molar-refractivity contribution >= 4 is 27.3 Å². The summed E-state index contributed by atoms with van der Waals surface area (Å²) in [4.78, 5) is 2.20. The molecular weight excluding hydrogens is 298 g/mol. The first kappa shape index (κ1) is 15.6. The summed E-state index contributed by atoms with van der Waals surface area (Å²) in [5.41, 5.74) is 6.01. The highest BCUT2D eigenvalue weighted by atomic mass is 35.5. The molecule has 1 saturated heterocycles. The van der Waals surface area contributed by atoms with E-state index in [9.17, 15) is 8.42 Å². The van der Waals surface area contributed by atoms with Crippen molar-refractivity contribution in [2.45, 2.75) is 23.8 Å². The van der Waals surface area contributed by atoms with Gasteiger partial charge in [0.05, 0.1) is 5.69 Å². The Labute approximate surface area is 125 Å². The van der Waals surface area contributed by atoms with Gasteiger partial charge in [0, 0.05) is 24.2 Å². The van der Waals surface area contributed by atoms with E-state index in [1.165, 1.54) is 16.4 Å². The Kier molecular flexibility index (Phi) is 4.59. The lowest BCUT2D eigenvalue weighted by Gasteiger charge is -2.35. The number of hydrogen-bond acceptors (Lipinski definition) is 4. The highest BCUT2D eigenvalue weighted by Gasteiger charge is 2.32. The molecular formula is C13H20ClN3O2S. The molecule has 1 aromatic rings. The van der Waals surface area contributed by atoms with Gasteiger partial charge in [0.15, 0.2) is 0 Å². The van der Waals surface area contributed by atoms with E-state index in [2.05, 4.69) is 4.90 Å². The SMILES string of the molecule is CN(C)C1CCCN(S(=O)(=O)c2ccc(Cl)cc2N)C1. The summed E-state index contributed by atoms with van der Waals surface area (Å²) < 4.78 is 26.9. The van der Waals surface area contributed by atoms with Crippen LogP contribution in [-0.2, 0) is 10.0 Å². The van der Waals surface area contributed by atoms with Crippen molar-refractivity contribution in [2.75, 3.05) is 32.9 Å². The number of benzene rings is 1. The maximum Gasteiger partial charge on any atom is 0.245 e. The average molecular weight is 318 g/mol. The molecule has 1 aromatic carbocycles. The van der Waals surface area contributed by atoms with Gasteiger partial charge in [0.25, 0.3) is 0 Å². The lowest BCUT2D eigenvalue weighted by atomic mass is 10.1. The molecule has 1 atom stereocenters. The van der Waals surface area contributed by atoms with Crippen LogP contribution in [0.3, 0.4) is 0 Å². The number of sulfonamides is 1. The molecule has 5 nitrogen and oxygen atoms in total. The minimum atomic E-state index is -3.55. The van der Waals surface area contributed by atoms with E-state index in [1.807, 2.05) is 14.1 Å². The summed E-state index contributed by atoms with van der Waals surface area (Å²) in [5, 5.41) is 0.436. The van der Waals surface area contributed by atoms with Gasteiger partial charge in [-0.1, -0.05) is 11.6 Å². The lowest BCUT2D eigenvalue weighted by Crippen LogP contribution is -2.47. The highest BCUT2D eigenvalue weighted by Crippen LogP contribution is 2.28. The topological polar surface area (TPSA) is 66.6 Å². The molecule has 2 rings (SSSR count). The van der Waals surface area contributed by atoms with Gasteiger partial charge in [0.1, 0.15) is 4.90 Å². The predicted octanol–water partition coefficient (Wildman–Crippen LogP) is 1.64. The van der Waals surface area contributed by atoms with Crippen molar-refractivity contribution in [2.24, 2.45) is 0 Å². The summed E-state index contributed by atoms with van der Waals surface area (Å²) in [6.45, 7) is 1.03. The van der Waals surface area contributed by atoms with Crippen LogP contribution in [0.15, 0.2) is 23.1 Å². The molecule has 0 saturated carbocycles. The molecule has 1 heterocycles. The Morgan fingerprint density at radius 3 is 2.70 bits per heavy atom. The van der Waals surface area contributed by atoms with Gasteiger partial charge in [-0.3, -0.25) is 0 Å². The molecule has 0 amide bonds. The van der Waals surface area contributed by atoms with Gasteiger partial charge in [-0.05, 0) is 45.1 Å². The van der Waals surface area contributed by atoms with Crippen LogP contribution in [0.5, 0.6) is 0 Å². The number of nitrogens with two attached hydrogens (primary N) is 1. The van der Waals surface area contributed by atoms with Crippen molar-refractivity contribution in [3.8, 4) is 0 Å². The molecule has 1 aliphatic heterocycles. The highest BCUT2D eigenvalue weighted by molar-refractivity contribution is 7.89. The fraction of sp³-hybridized carbons (Fsp3) is 0.538. The zero-order valence-corrected chi connectivity index (χ0v) is 13.3. The van der Waals surface area contributed by atoms with E-state index >= 15 is 0 Å². The van der Waals surface area contributed by atoms with Crippen LogP contribution in [0.25, 0.3) is 0 Å². The largest absolute Gasteiger partial charge is 0.398 e. The second-order valence-electron chi connectivity index (χ2n) is 5.30. The van der Waals surface area contributed by atoms with Crippen LogP contribution >= 0.6 is 11.6 Å². The first-order valence-corrected chi connectivity index (χ1v) is 8.36. The number of piperidine rings is 1. The van der Waals surface area contributed by atoms with Crippen LogP contribution in [0.2, 0.25) is 5.02 Å². The van der Waals surface area contributed by atoms with Gasteiger partial charge in [-0.25, -0.2) is 8.42 Å². The normalized spacial score (nSPS) is 21.3. The summed E-state index contributed by atoms with van der Waals surface area (Å²) in [5.74, 6) is 0. The monoisotopic (exact) mass is 317 g/mol. The third kappa shape index (κ3) is 3.09. The first-order chi connectivity index (χ1) is 9.32. The summed E-state index contributed by atoms with van der Waals surface area (Å²) in [7, 11) is 0.386. The molecule has 0 radical (unpaired) electrons. The van der Waals surface area contributed by atoms with Gasteiger partial charge in [-0.2, -0.15) is 4.31 Å². The number of nitrogens with zero attached hydrogens (tertiary/aromatic N) is 2. The van der Waals surface area contributed by atoms with Crippen molar-refractivity contribution in [1.29, 1.82) is 0 Å². The summed E-state index contributed by atoms with van der Waals surface area (Å²) in [6, 6.07) is 4.75. The quantitative estimate of drug-likeness (QED) is 0.861. The average Bonchev–Trinajstić information content (AvgIpc) is 2.38. The summed E-state index contributed by atoms with van der Waals surface area (Å²) in [6.07, 6.45) is 1.87. The minimum Gasteiger partial charge on any atom is -0.398 e. The minimum absolute atomic E-state index is 0.140. The van der Waals surface area contributed by atoms with Crippen LogP contribution < -0.4 is 5.73 Å². The molecule has 1 aliphatic rings. The third-order valence-electron chi connectivity index (χ3n) is 3.68. The van der Waals surface area contributed by atoms with Crippen LogP contribution in [0.4, 0.5) is 5.69 Å². The molecule has 112 valence electrons. The molecule has 7 heteroatoms. The molecule has 20 heavy (non-hydrogen) atoms. The Hall–Kier alpha value is -0.820. The second-order valence-corrected chi connectivity index (χ2v) is 7.65. The van der Waals surface area contributed by atoms with Crippen LogP contribution in [-0.4, -0.2) is 50.8 Å². The molecule has 0 bridgehead atoms. The smallest absolute Gasteiger partial charge is 0.245 e. The fourth-order valence-corrected chi connectivity index (χ4v) is 4.25. The zero-order chi connectivity index (χ0) is 14.9. The number of halogens is 1. The number of rotatable bonds is 3. The molecule has 1 unspecified atom stereocenters. The summed E-state index contributed by atoms with van der Waals surface area (Å²) >= 11 is 5.82. The molecule has 1 fully saturated rings. The van der Waals surface area contributed by atoms with Gasteiger partial charge < -0.3 is 10.6 Å². The number of likely N-dealkylation sites (N-methyl/N-ethyl adjacent to an activating group) is 1. The number of hydrogen-bond donors (Lipinski definition) is 1. The standard InChI is InChI=1S/C13H20ClN3O2S/c1-16(2)11-4-3-7-17(9-11)20(18,19)13-6-5-10(14)8-12(13)15/h5-6,8,11H,3-4,7,9,15H2,1-2H3.